The summed E-state index contributed by atoms with van der Waals surface area (Å²) in [6.07, 6.45) is 8.40. The molecular formula is C28H40ClN3O3. The summed E-state index contributed by atoms with van der Waals surface area (Å²) < 4.78 is 7.25. The molecule has 1 aromatic heterocycles. The van der Waals surface area contributed by atoms with Crippen LogP contribution in [0.2, 0.25) is 5.02 Å². The van der Waals surface area contributed by atoms with Crippen molar-refractivity contribution in [1.29, 1.82) is 0 Å². The first-order valence-corrected chi connectivity index (χ1v) is 13.2. The zero-order valence-corrected chi connectivity index (χ0v) is 22.2. The number of hydrogen-bond donors (Lipinski definition) is 0. The molecule has 0 atom stereocenters. The summed E-state index contributed by atoms with van der Waals surface area (Å²) >= 11 is 6.41. The van der Waals surface area contributed by atoms with Crippen molar-refractivity contribution in [2.45, 2.75) is 71.5 Å². The van der Waals surface area contributed by atoms with Crippen molar-refractivity contribution in [3.63, 3.8) is 0 Å². The van der Waals surface area contributed by atoms with E-state index in [2.05, 4.69) is 24.5 Å². The van der Waals surface area contributed by atoms with E-state index >= 15 is 0 Å². The number of ether oxygens (including phenoxy) is 1. The number of nitrogens with zero attached hydrogens (tertiary/aromatic N) is 3. The quantitative estimate of drug-likeness (QED) is 0.392. The van der Waals surface area contributed by atoms with Gasteiger partial charge in [-0.25, -0.2) is 0 Å². The molecule has 1 saturated carbocycles. The maximum Gasteiger partial charge on any atom is 0.249 e. The lowest BCUT2D eigenvalue weighted by Gasteiger charge is -2.36. The normalized spacial score (nSPS) is 14.3. The van der Waals surface area contributed by atoms with Gasteiger partial charge in [0.1, 0.15) is 6.61 Å². The Hall–Kier alpha value is -2.31. The third-order valence-corrected chi connectivity index (χ3v) is 7.18. The highest BCUT2D eigenvalue weighted by Crippen LogP contribution is 2.25. The second-order valence-electron chi connectivity index (χ2n) is 9.96. The molecule has 1 aliphatic rings. The van der Waals surface area contributed by atoms with Crippen molar-refractivity contribution in [3.05, 3.63) is 58.9 Å². The van der Waals surface area contributed by atoms with Crippen molar-refractivity contribution in [3.8, 4) is 0 Å². The summed E-state index contributed by atoms with van der Waals surface area (Å²) in [6, 6.07) is 12.2. The van der Waals surface area contributed by atoms with E-state index in [-0.39, 0.29) is 31.0 Å². The Morgan fingerprint density at radius 3 is 2.51 bits per heavy atom. The van der Waals surface area contributed by atoms with Crippen LogP contribution in [0.25, 0.3) is 0 Å². The van der Waals surface area contributed by atoms with E-state index in [0.717, 1.165) is 48.4 Å². The van der Waals surface area contributed by atoms with Gasteiger partial charge in [0.15, 0.2) is 0 Å². The fourth-order valence-electron chi connectivity index (χ4n) is 4.72. The summed E-state index contributed by atoms with van der Waals surface area (Å²) in [4.78, 5) is 30.1. The molecular weight excluding hydrogens is 462 g/mol. The van der Waals surface area contributed by atoms with Crippen LogP contribution < -0.4 is 0 Å². The van der Waals surface area contributed by atoms with Crippen LogP contribution in [0.1, 0.15) is 63.6 Å². The van der Waals surface area contributed by atoms with Gasteiger partial charge < -0.3 is 19.1 Å². The number of rotatable bonds is 12. The van der Waals surface area contributed by atoms with Gasteiger partial charge in [-0.15, -0.1) is 0 Å². The molecule has 0 radical (unpaired) electrons. The predicted octanol–water partition coefficient (Wildman–Crippen LogP) is 5.37. The molecule has 0 bridgehead atoms. The fourth-order valence-corrected chi connectivity index (χ4v) is 4.92. The van der Waals surface area contributed by atoms with E-state index in [1.54, 1.807) is 4.90 Å². The van der Waals surface area contributed by atoms with Gasteiger partial charge in [-0.05, 0) is 48.9 Å². The minimum Gasteiger partial charge on any atom is -0.375 e. The Kier molecular flexibility index (Phi) is 10.7. The number of hydrogen-bond acceptors (Lipinski definition) is 3. The van der Waals surface area contributed by atoms with Crippen LogP contribution in [0.15, 0.2) is 42.6 Å². The van der Waals surface area contributed by atoms with Gasteiger partial charge in [0.25, 0.3) is 0 Å². The van der Waals surface area contributed by atoms with Crippen LogP contribution in [0.4, 0.5) is 0 Å². The van der Waals surface area contributed by atoms with Gasteiger partial charge >= 0.3 is 0 Å². The van der Waals surface area contributed by atoms with Gasteiger partial charge in [0.05, 0.1) is 13.1 Å². The molecule has 2 aromatic rings. The van der Waals surface area contributed by atoms with E-state index in [9.17, 15) is 9.59 Å². The smallest absolute Gasteiger partial charge is 0.249 e. The molecule has 0 aliphatic heterocycles. The van der Waals surface area contributed by atoms with Crippen LogP contribution in [-0.2, 0) is 27.4 Å². The van der Waals surface area contributed by atoms with Crippen molar-refractivity contribution in [2.24, 2.45) is 5.92 Å². The largest absolute Gasteiger partial charge is 0.375 e. The third-order valence-electron chi connectivity index (χ3n) is 6.81. The molecule has 0 N–H and O–H groups in total. The fraction of sp³-hybridized carbons (Fsp3) is 0.571. The van der Waals surface area contributed by atoms with E-state index in [1.165, 1.54) is 13.5 Å². The maximum atomic E-state index is 13.7. The average Bonchev–Trinajstić information content (AvgIpc) is 3.28. The van der Waals surface area contributed by atoms with Gasteiger partial charge in [0.2, 0.25) is 11.8 Å². The lowest BCUT2D eigenvalue weighted by Crippen LogP contribution is -2.48. The lowest BCUT2D eigenvalue weighted by molar-refractivity contribution is -0.144. The van der Waals surface area contributed by atoms with E-state index in [1.807, 2.05) is 41.4 Å². The van der Waals surface area contributed by atoms with Crippen molar-refractivity contribution >= 4 is 23.4 Å². The Morgan fingerprint density at radius 1 is 1.09 bits per heavy atom. The van der Waals surface area contributed by atoms with Gasteiger partial charge in [-0.2, -0.15) is 0 Å². The molecule has 1 aliphatic carbocycles. The molecule has 192 valence electrons. The van der Waals surface area contributed by atoms with Crippen LogP contribution in [0.3, 0.4) is 0 Å². The van der Waals surface area contributed by atoms with Crippen LogP contribution in [0, 0.1) is 5.92 Å². The highest BCUT2D eigenvalue weighted by atomic mass is 35.5. The zero-order valence-electron chi connectivity index (χ0n) is 21.4. The number of methoxy groups -OCH3 is 1. The second kappa shape index (κ2) is 13.7. The Morgan fingerprint density at radius 2 is 1.83 bits per heavy atom. The summed E-state index contributed by atoms with van der Waals surface area (Å²) in [7, 11) is 1.52. The number of benzene rings is 1. The first-order valence-electron chi connectivity index (χ1n) is 12.8. The molecule has 0 unspecified atom stereocenters. The molecule has 6 nitrogen and oxygen atoms in total. The molecule has 3 rings (SSSR count). The molecule has 0 saturated heterocycles. The Bertz CT molecular complexity index is 952. The molecule has 7 heteroatoms. The molecule has 35 heavy (non-hydrogen) atoms. The zero-order chi connectivity index (χ0) is 25.2. The highest BCUT2D eigenvalue weighted by Gasteiger charge is 2.29. The Balaban J connectivity index is 1.79. The lowest BCUT2D eigenvalue weighted by atomic mass is 9.94. The van der Waals surface area contributed by atoms with Gasteiger partial charge in [-0.1, -0.05) is 62.9 Å². The topological polar surface area (TPSA) is 54.8 Å². The van der Waals surface area contributed by atoms with Crippen molar-refractivity contribution < 1.29 is 14.3 Å². The number of aromatic nitrogens is 1. The molecule has 1 fully saturated rings. The molecule has 2 amide bonds. The predicted molar refractivity (Wildman–Crippen MR) is 140 cm³/mol. The summed E-state index contributed by atoms with van der Waals surface area (Å²) in [6.45, 7) is 6.09. The molecule has 1 heterocycles. The van der Waals surface area contributed by atoms with Gasteiger partial charge in [-0.3, -0.25) is 9.59 Å². The Labute approximate surface area is 215 Å². The number of amides is 2. The third kappa shape index (κ3) is 8.11. The van der Waals surface area contributed by atoms with E-state index in [0.29, 0.717) is 25.6 Å². The van der Waals surface area contributed by atoms with Crippen molar-refractivity contribution in [2.75, 3.05) is 26.8 Å². The number of carbonyl (C=O) groups excluding carboxylic acids is 2. The number of carbonyl (C=O) groups is 2. The first kappa shape index (κ1) is 27.3. The molecule has 1 aromatic carbocycles. The van der Waals surface area contributed by atoms with E-state index < -0.39 is 0 Å². The average molecular weight is 502 g/mol. The van der Waals surface area contributed by atoms with E-state index in [4.69, 9.17) is 16.3 Å². The van der Waals surface area contributed by atoms with Gasteiger partial charge in [0, 0.05) is 43.2 Å². The first-order chi connectivity index (χ1) is 16.9. The standard InChI is InChI=1S/C28H40ClN3O3/c1-22(2)15-17-31(28(34)21-35-3)20-27(33)32(24-11-5-4-6-12-24)19-25-13-9-16-30(25)18-23-10-7-8-14-26(23)29/h7-10,13-14,16,22,24H,4-6,11-12,15,17-21H2,1-3H3. The maximum absolute atomic E-state index is 13.7. The summed E-state index contributed by atoms with van der Waals surface area (Å²) in [5.74, 6) is 0.327. The minimum atomic E-state index is -0.132. The second-order valence-corrected chi connectivity index (χ2v) is 10.4. The van der Waals surface area contributed by atoms with Crippen molar-refractivity contribution in [1.82, 2.24) is 14.4 Å². The summed E-state index contributed by atoms with van der Waals surface area (Å²) in [5.41, 5.74) is 2.12. The minimum absolute atomic E-state index is 0.00447. The van der Waals surface area contributed by atoms with Crippen LogP contribution in [-0.4, -0.2) is 59.0 Å². The highest BCUT2D eigenvalue weighted by molar-refractivity contribution is 6.31. The van der Waals surface area contributed by atoms with Crippen LogP contribution >= 0.6 is 11.6 Å². The van der Waals surface area contributed by atoms with Crippen LogP contribution in [0.5, 0.6) is 0 Å². The summed E-state index contributed by atoms with van der Waals surface area (Å²) in [5, 5.41) is 0.741. The SMILES string of the molecule is COCC(=O)N(CCC(C)C)CC(=O)N(Cc1cccn1Cc1ccccc1Cl)C1CCCCC1. The number of halogens is 1. The monoisotopic (exact) mass is 501 g/mol. The molecule has 0 spiro atoms.